The van der Waals surface area contributed by atoms with Gasteiger partial charge in [0.2, 0.25) is 0 Å². The van der Waals surface area contributed by atoms with E-state index in [-0.39, 0.29) is 0 Å². The molecule has 0 saturated carbocycles. The molecule has 0 bridgehead atoms. The average molecular weight is 231 g/mol. The lowest BCUT2D eigenvalue weighted by Gasteiger charge is -2.04. The highest BCUT2D eigenvalue weighted by molar-refractivity contribution is 6.17. The molecule has 82 valence electrons. The quantitative estimate of drug-likeness (QED) is 0.689. The van der Waals surface area contributed by atoms with Crippen molar-refractivity contribution in [1.29, 1.82) is 0 Å². The Balaban J connectivity index is 2.14. The number of hydrogen-bond acceptors (Lipinski definition) is 0. The molecule has 1 heteroatoms. The monoisotopic (exact) mass is 230 g/mol. The van der Waals surface area contributed by atoms with E-state index in [1.54, 1.807) is 0 Å². The molecule has 0 saturated heterocycles. The van der Waals surface area contributed by atoms with Crippen LogP contribution < -0.4 is 0 Å². The van der Waals surface area contributed by atoms with Crippen molar-refractivity contribution in [3.8, 4) is 0 Å². The van der Waals surface area contributed by atoms with Gasteiger partial charge in [0.05, 0.1) is 0 Å². The molecule has 0 nitrogen and oxygen atoms in total. The molecule has 0 radical (unpaired) electrons. The molecule has 2 rings (SSSR count). The molecule has 0 amide bonds. The summed E-state index contributed by atoms with van der Waals surface area (Å²) in [4.78, 5) is 0. The molecule has 2 aromatic carbocycles. The van der Waals surface area contributed by atoms with Crippen LogP contribution in [0.4, 0.5) is 0 Å². The van der Waals surface area contributed by atoms with Crippen LogP contribution in [-0.4, -0.2) is 0 Å². The van der Waals surface area contributed by atoms with Crippen LogP contribution in [0, 0.1) is 6.92 Å². The minimum atomic E-state index is 0.588. The van der Waals surface area contributed by atoms with Crippen LogP contribution in [0.25, 0.3) is 0 Å². The Labute approximate surface area is 102 Å². The van der Waals surface area contributed by atoms with Crippen LogP contribution in [-0.2, 0) is 12.3 Å². The largest absolute Gasteiger partial charge is 0.122 e. The summed E-state index contributed by atoms with van der Waals surface area (Å²) in [6, 6.07) is 17.1. The standard InChI is InChI=1S/C15H15Cl/c1-12-3-2-4-15(9-12)10-13-5-7-14(11-16)8-6-13/h2-9H,10-11H2,1H3. The highest BCUT2D eigenvalue weighted by Gasteiger charge is 1.97. The van der Waals surface area contributed by atoms with Crippen LogP contribution >= 0.6 is 11.6 Å². The predicted octanol–water partition coefficient (Wildman–Crippen LogP) is 4.32. The molecule has 0 spiro atoms. The van der Waals surface area contributed by atoms with E-state index in [0.717, 1.165) is 6.42 Å². The lowest BCUT2D eigenvalue weighted by Crippen LogP contribution is -1.89. The fraction of sp³-hybridized carbons (Fsp3) is 0.200. The summed E-state index contributed by atoms with van der Waals surface area (Å²) < 4.78 is 0. The highest BCUT2D eigenvalue weighted by Crippen LogP contribution is 2.13. The molecule has 16 heavy (non-hydrogen) atoms. The Bertz CT molecular complexity index is 457. The zero-order valence-corrected chi connectivity index (χ0v) is 10.2. The third-order valence-electron chi connectivity index (χ3n) is 2.67. The van der Waals surface area contributed by atoms with Crippen molar-refractivity contribution in [2.45, 2.75) is 19.2 Å². The van der Waals surface area contributed by atoms with E-state index < -0.39 is 0 Å². The Hall–Kier alpha value is -1.27. The van der Waals surface area contributed by atoms with Gasteiger partial charge in [0.15, 0.2) is 0 Å². The summed E-state index contributed by atoms with van der Waals surface area (Å²) >= 11 is 5.76. The maximum Gasteiger partial charge on any atom is 0.0474 e. The molecule has 0 heterocycles. The fourth-order valence-corrected chi connectivity index (χ4v) is 1.98. The summed E-state index contributed by atoms with van der Waals surface area (Å²) in [5, 5.41) is 0. The van der Waals surface area contributed by atoms with E-state index in [1.807, 2.05) is 0 Å². The van der Waals surface area contributed by atoms with Crippen molar-refractivity contribution in [3.63, 3.8) is 0 Å². The maximum absolute atomic E-state index is 5.76. The first kappa shape index (κ1) is 11.2. The van der Waals surface area contributed by atoms with E-state index in [4.69, 9.17) is 11.6 Å². The highest BCUT2D eigenvalue weighted by atomic mass is 35.5. The molecule has 0 atom stereocenters. The van der Waals surface area contributed by atoms with Gasteiger partial charge in [-0.25, -0.2) is 0 Å². The van der Waals surface area contributed by atoms with Gasteiger partial charge in [0.25, 0.3) is 0 Å². The van der Waals surface area contributed by atoms with Crippen molar-refractivity contribution >= 4 is 11.6 Å². The van der Waals surface area contributed by atoms with Crippen LogP contribution in [0.15, 0.2) is 48.5 Å². The number of alkyl halides is 1. The van der Waals surface area contributed by atoms with Gasteiger partial charge in [-0.1, -0.05) is 54.1 Å². The minimum absolute atomic E-state index is 0.588. The normalized spacial score (nSPS) is 10.4. The van der Waals surface area contributed by atoms with Crippen molar-refractivity contribution in [1.82, 2.24) is 0 Å². The molecule has 0 aliphatic rings. The van der Waals surface area contributed by atoms with Gasteiger partial charge in [-0.2, -0.15) is 0 Å². The second-order valence-electron chi connectivity index (χ2n) is 4.12. The molecule has 0 aliphatic heterocycles. The predicted molar refractivity (Wildman–Crippen MR) is 70.0 cm³/mol. The molecule has 0 aliphatic carbocycles. The summed E-state index contributed by atoms with van der Waals surface area (Å²) in [7, 11) is 0. The van der Waals surface area contributed by atoms with Gasteiger partial charge >= 0.3 is 0 Å². The van der Waals surface area contributed by atoms with E-state index in [2.05, 4.69) is 55.5 Å². The van der Waals surface area contributed by atoms with Crippen molar-refractivity contribution in [2.24, 2.45) is 0 Å². The molecule has 0 N–H and O–H groups in total. The van der Waals surface area contributed by atoms with Crippen molar-refractivity contribution in [2.75, 3.05) is 0 Å². The fourth-order valence-electron chi connectivity index (χ4n) is 1.80. The van der Waals surface area contributed by atoms with E-state index in [1.165, 1.54) is 22.3 Å². The summed E-state index contributed by atoms with van der Waals surface area (Å²) in [6.07, 6.45) is 0.990. The molecule has 2 aromatic rings. The van der Waals surface area contributed by atoms with Gasteiger partial charge in [0.1, 0.15) is 0 Å². The van der Waals surface area contributed by atoms with Crippen molar-refractivity contribution in [3.05, 3.63) is 70.8 Å². The van der Waals surface area contributed by atoms with Crippen LogP contribution in [0.1, 0.15) is 22.3 Å². The Morgan fingerprint density at radius 1 is 0.875 bits per heavy atom. The number of benzene rings is 2. The lowest BCUT2D eigenvalue weighted by atomic mass is 10.0. The number of rotatable bonds is 3. The third kappa shape index (κ3) is 2.86. The lowest BCUT2D eigenvalue weighted by molar-refractivity contribution is 1.17. The van der Waals surface area contributed by atoms with Gasteiger partial charge in [-0.05, 0) is 30.0 Å². The topological polar surface area (TPSA) is 0 Å². The Morgan fingerprint density at radius 2 is 1.56 bits per heavy atom. The van der Waals surface area contributed by atoms with E-state index in [0.29, 0.717) is 5.88 Å². The first-order chi connectivity index (χ1) is 7.78. The summed E-state index contributed by atoms with van der Waals surface area (Å²) in [5.41, 5.74) is 5.18. The van der Waals surface area contributed by atoms with Gasteiger partial charge in [-0.15, -0.1) is 11.6 Å². The van der Waals surface area contributed by atoms with E-state index >= 15 is 0 Å². The zero-order valence-electron chi connectivity index (χ0n) is 9.41. The average Bonchev–Trinajstić information content (AvgIpc) is 2.30. The first-order valence-corrected chi connectivity index (χ1v) is 6.01. The summed E-state index contributed by atoms with van der Waals surface area (Å²) in [6.45, 7) is 2.13. The van der Waals surface area contributed by atoms with Gasteiger partial charge in [0, 0.05) is 5.88 Å². The third-order valence-corrected chi connectivity index (χ3v) is 2.98. The molecule has 0 unspecified atom stereocenters. The second kappa shape index (κ2) is 5.18. The van der Waals surface area contributed by atoms with Gasteiger partial charge < -0.3 is 0 Å². The van der Waals surface area contributed by atoms with Crippen molar-refractivity contribution < 1.29 is 0 Å². The summed E-state index contributed by atoms with van der Waals surface area (Å²) in [5.74, 6) is 0.588. The molecule has 0 fully saturated rings. The Morgan fingerprint density at radius 3 is 2.19 bits per heavy atom. The zero-order chi connectivity index (χ0) is 11.4. The van der Waals surface area contributed by atoms with E-state index in [9.17, 15) is 0 Å². The first-order valence-electron chi connectivity index (χ1n) is 5.47. The number of aryl methyl sites for hydroxylation is 1. The van der Waals surface area contributed by atoms with Crippen LogP contribution in [0.2, 0.25) is 0 Å². The van der Waals surface area contributed by atoms with Crippen LogP contribution in [0.3, 0.4) is 0 Å². The minimum Gasteiger partial charge on any atom is -0.122 e. The molecule has 0 aromatic heterocycles. The number of hydrogen-bond donors (Lipinski definition) is 0. The maximum atomic E-state index is 5.76. The SMILES string of the molecule is Cc1cccc(Cc2ccc(CCl)cc2)c1. The smallest absolute Gasteiger partial charge is 0.0474 e. The molecular weight excluding hydrogens is 216 g/mol. The second-order valence-corrected chi connectivity index (χ2v) is 4.38. The molecular formula is C15H15Cl. The van der Waals surface area contributed by atoms with Crippen LogP contribution in [0.5, 0.6) is 0 Å². The Kier molecular flexibility index (Phi) is 3.63. The number of halogens is 1. The van der Waals surface area contributed by atoms with Gasteiger partial charge in [-0.3, -0.25) is 0 Å².